The molecule has 0 radical (unpaired) electrons. The van der Waals surface area contributed by atoms with Crippen LogP contribution in [0, 0.1) is 6.92 Å². The molecule has 0 atom stereocenters. The summed E-state index contributed by atoms with van der Waals surface area (Å²) in [5.41, 5.74) is 9.58. The van der Waals surface area contributed by atoms with Gasteiger partial charge < -0.3 is 30.7 Å². The predicted octanol–water partition coefficient (Wildman–Crippen LogP) is 3.66. The van der Waals surface area contributed by atoms with Crippen LogP contribution < -0.4 is 26.8 Å². The number of nitrogens with two attached hydrogens (primary N) is 2. The molecule has 13 heteroatoms. The number of nitrogens with one attached hydrogen (secondary N) is 1. The summed E-state index contributed by atoms with van der Waals surface area (Å²) in [4.78, 5) is 26.5. The normalized spacial score (nSPS) is 17.7. The average molecular weight is 640 g/mol. The number of hydrogen-bond donors (Lipinski definition) is 3. The Morgan fingerprint density at radius 1 is 0.978 bits per heavy atom. The van der Waals surface area contributed by atoms with E-state index in [1.807, 2.05) is 33.2 Å². The van der Waals surface area contributed by atoms with Gasteiger partial charge in [-0.2, -0.15) is 13.2 Å². The fraction of sp³-hybridized carbons (Fsp3) is 0.394. The number of rotatable bonds is 9. The lowest BCUT2D eigenvalue weighted by molar-refractivity contribution is -0.0879. The number of aryl methyl sites for hydroxylation is 1. The highest BCUT2D eigenvalue weighted by atomic mass is 19.4. The van der Waals surface area contributed by atoms with Crippen molar-refractivity contribution in [3.05, 3.63) is 95.2 Å². The number of hydrogen-bond acceptors (Lipinski definition) is 9. The molecule has 2 aromatic rings. The molecular formula is C33H44F3N9O. The number of nitrogens with zero attached hydrogens (tertiary/aromatic N) is 6. The summed E-state index contributed by atoms with van der Waals surface area (Å²) in [5, 5.41) is 3.96. The molecule has 46 heavy (non-hydrogen) atoms. The highest BCUT2D eigenvalue weighted by Gasteiger charge is 2.31. The number of alkyl halides is 3. The Morgan fingerprint density at radius 2 is 1.61 bits per heavy atom. The highest BCUT2D eigenvalue weighted by molar-refractivity contribution is 5.96. The molecule has 0 bridgehead atoms. The molecule has 3 heterocycles. The summed E-state index contributed by atoms with van der Waals surface area (Å²) in [6.07, 6.45) is 2.76. The zero-order valence-electron chi connectivity index (χ0n) is 26.9. The van der Waals surface area contributed by atoms with Crippen molar-refractivity contribution in [3.8, 4) is 0 Å². The molecule has 2 saturated heterocycles. The van der Waals surface area contributed by atoms with E-state index in [0.29, 0.717) is 16.9 Å². The van der Waals surface area contributed by atoms with E-state index in [1.165, 1.54) is 11.1 Å². The van der Waals surface area contributed by atoms with Crippen molar-refractivity contribution in [2.75, 3.05) is 76.4 Å². The second-order valence-electron chi connectivity index (χ2n) is 11.9. The summed E-state index contributed by atoms with van der Waals surface area (Å²) in [6.45, 7) is 13.6. The van der Waals surface area contributed by atoms with Crippen molar-refractivity contribution >= 4 is 23.0 Å². The van der Waals surface area contributed by atoms with Crippen LogP contribution >= 0.6 is 0 Å². The molecular weight excluding hydrogens is 595 g/mol. The van der Waals surface area contributed by atoms with Crippen LogP contribution in [0.2, 0.25) is 0 Å². The van der Waals surface area contributed by atoms with Crippen molar-refractivity contribution in [3.63, 3.8) is 0 Å². The molecule has 1 amide bonds. The van der Waals surface area contributed by atoms with Crippen LogP contribution in [-0.2, 0) is 0 Å². The number of halogens is 3. The highest BCUT2D eigenvalue weighted by Crippen LogP contribution is 2.27. The summed E-state index contributed by atoms with van der Waals surface area (Å²) in [7, 11) is 4.11. The van der Waals surface area contributed by atoms with Gasteiger partial charge in [-0.15, -0.1) is 0 Å². The van der Waals surface area contributed by atoms with Crippen LogP contribution in [0.3, 0.4) is 0 Å². The molecule has 1 aromatic heterocycles. The van der Waals surface area contributed by atoms with E-state index >= 15 is 0 Å². The number of hydrazine groups is 1. The van der Waals surface area contributed by atoms with Crippen molar-refractivity contribution in [1.82, 2.24) is 25.0 Å². The number of anilines is 2. The van der Waals surface area contributed by atoms with E-state index in [0.717, 1.165) is 75.4 Å². The van der Waals surface area contributed by atoms with Gasteiger partial charge in [0.25, 0.3) is 5.91 Å². The van der Waals surface area contributed by atoms with Gasteiger partial charge in [-0.1, -0.05) is 12.6 Å². The van der Waals surface area contributed by atoms with Crippen LogP contribution in [-0.4, -0.2) is 98.2 Å². The fourth-order valence-electron chi connectivity index (χ4n) is 5.21. The Kier molecular flexibility index (Phi) is 11.1. The molecule has 1 aromatic carbocycles. The summed E-state index contributed by atoms with van der Waals surface area (Å²) in [5.74, 6) is 5.82. The van der Waals surface area contributed by atoms with E-state index in [-0.39, 0.29) is 11.3 Å². The number of benzene rings is 1. The van der Waals surface area contributed by atoms with E-state index in [9.17, 15) is 18.0 Å². The number of likely N-dealkylation sites (N-methyl/N-ethyl adjacent to an activating group) is 2. The molecule has 2 aliphatic heterocycles. The largest absolute Gasteiger partial charge is 0.415 e. The SMILES string of the molecule is C=C(/C=C(\C=C(/C)N1CCN(C)CC1)NC(=O)c1ccc(C)c(N(N)/C=C(\N)c2cncc(N3CCN(C)CC3)c2)c1)C(F)(F)F. The minimum Gasteiger partial charge on any atom is -0.397 e. The van der Waals surface area contributed by atoms with Gasteiger partial charge in [0.05, 0.1) is 28.8 Å². The molecule has 0 unspecified atom stereocenters. The summed E-state index contributed by atoms with van der Waals surface area (Å²) >= 11 is 0. The van der Waals surface area contributed by atoms with Crippen LogP contribution in [0.5, 0.6) is 0 Å². The second kappa shape index (κ2) is 14.8. The Bertz CT molecular complexity index is 1500. The van der Waals surface area contributed by atoms with Gasteiger partial charge >= 0.3 is 6.18 Å². The van der Waals surface area contributed by atoms with Gasteiger partial charge in [-0.25, -0.2) is 5.84 Å². The lowest BCUT2D eigenvalue weighted by Crippen LogP contribution is -2.44. The number of amides is 1. The first-order chi connectivity index (χ1) is 21.7. The van der Waals surface area contributed by atoms with Gasteiger partial charge in [0.2, 0.25) is 0 Å². The molecule has 0 spiro atoms. The first-order valence-corrected chi connectivity index (χ1v) is 15.1. The molecule has 2 aliphatic rings. The number of pyridine rings is 1. The topological polar surface area (TPSA) is 110 Å². The monoisotopic (exact) mass is 639 g/mol. The zero-order valence-corrected chi connectivity index (χ0v) is 26.9. The molecule has 10 nitrogen and oxygen atoms in total. The lowest BCUT2D eigenvalue weighted by atomic mass is 10.1. The first-order valence-electron chi connectivity index (χ1n) is 15.1. The standard InChI is InChI=1S/C33H44F3N9O/c1-23-6-7-26(32(46)40-28(16-24(2)33(34,35)36)17-25(3)43-12-8-41(4)9-13-43)19-31(23)45(38)22-30(37)27-18-29(21-39-20-27)44-14-10-42(5)11-15-44/h6-7,16-22H,2,8-15,37-38H2,1,3-5H3,(H,40,46)/b25-17+,28-16+,30-22-. The van der Waals surface area contributed by atoms with Crippen LogP contribution in [0.15, 0.2) is 78.6 Å². The predicted molar refractivity (Wildman–Crippen MR) is 178 cm³/mol. The maximum atomic E-state index is 13.4. The summed E-state index contributed by atoms with van der Waals surface area (Å²) < 4.78 is 40.2. The third-order valence-electron chi connectivity index (χ3n) is 8.27. The maximum absolute atomic E-state index is 13.4. The fourth-order valence-corrected chi connectivity index (χ4v) is 5.21. The van der Waals surface area contributed by atoms with E-state index in [4.69, 9.17) is 11.6 Å². The lowest BCUT2D eigenvalue weighted by Gasteiger charge is -2.34. The molecule has 5 N–H and O–H groups in total. The van der Waals surface area contributed by atoms with Crippen LogP contribution in [0.1, 0.15) is 28.4 Å². The van der Waals surface area contributed by atoms with Crippen molar-refractivity contribution < 1.29 is 18.0 Å². The number of carbonyl (C=O) groups excluding carboxylic acids is 1. The minimum atomic E-state index is -4.64. The van der Waals surface area contributed by atoms with E-state index < -0.39 is 17.7 Å². The maximum Gasteiger partial charge on any atom is 0.415 e. The Balaban J connectivity index is 1.54. The van der Waals surface area contributed by atoms with Gasteiger partial charge in [-0.3, -0.25) is 14.8 Å². The van der Waals surface area contributed by atoms with Gasteiger partial charge in [0.15, 0.2) is 0 Å². The first kappa shape index (κ1) is 34.5. The number of piperazine rings is 2. The second-order valence-corrected chi connectivity index (χ2v) is 11.9. The van der Waals surface area contributed by atoms with Crippen molar-refractivity contribution in [2.45, 2.75) is 20.0 Å². The van der Waals surface area contributed by atoms with E-state index in [1.54, 1.807) is 30.6 Å². The smallest absolute Gasteiger partial charge is 0.397 e. The third kappa shape index (κ3) is 9.12. The van der Waals surface area contributed by atoms with Gasteiger partial charge in [0.1, 0.15) is 0 Å². The summed E-state index contributed by atoms with van der Waals surface area (Å²) in [6, 6.07) is 6.84. The zero-order chi connectivity index (χ0) is 33.6. The van der Waals surface area contributed by atoms with Crippen molar-refractivity contribution in [1.29, 1.82) is 0 Å². The molecule has 0 aliphatic carbocycles. The van der Waals surface area contributed by atoms with Crippen LogP contribution in [0.25, 0.3) is 5.70 Å². The Labute approximate surface area is 269 Å². The molecule has 248 valence electrons. The molecule has 4 rings (SSSR count). The van der Waals surface area contributed by atoms with Crippen molar-refractivity contribution in [2.24, 2.45) is 11.6 Å². The van der Waals surface area contributed by atoms with Gasteiger partial charge in [-0.05, 0) is 63.9 Å². The third-order valence-corrected chi connectivity index (χ3v) is 8.27. The number of aromatic nitrogens is 1. The molecule has 0 saturated carbocycles. The average Bonchev–Trinajstić information content (AvgIpc) is 3.01. The molecule has 2 fully saturated rings. The Morgan fingerprint density at radius 3 is 2.24 bits per heavy atom. The Hall–Kier alpha value is -4.33. The van der Waals surface area contributed by atoms with Gasteiger partial charge in [0, 0.05) is 87.3 Å². The minimum absolute atomic E-state index is 0.0210. The number of allylic oxidation sites excluding steroid dienone is 4. The number of carbonyl (C=O) groups is 1. The van der Waals surface area contributed by atoms with E-state index in [2.05, 4.69) is 43.5 Å². The van der Waals surface area contributed by atoms with Crippen LogP contribution in [0.4, 0.5) is 24.5 Å². The quantitative estimate of drug-likeness (QED) is 0.215.